The Bertz CT molecular complexity index is 646. The molecule has 0 aliphatic heterocycles. The van der Waals surface area contributed by atoms with Crippen molar-refractivity contribution in [3.05, 3.63) is 12.2 Å². The summed E-state index contributed by atoms with van der Waals surface area (Å²) in [5, 5.41) is 22.3. The molecule has 0 aromatic rings. The molecule has 0 amide bonds. The van der Waals surface area contributed by atoms with Crippen molar-refractivity contribution >= 4 is 32.2 Å². The van der Waals surface area contributed by atoms with Crippen LogP contribution in [0.2, 0.25) is 0 Å². The molecule has 0 heterocycles. The molecule has 0 unspecified atom stereocenters. The average Bonchev–Trinajstić information content (AvgIpc) is 2.32. The van der Waals surface area contributed by atoms with Crippen LogP contribution < -0.4 is 113 Å². The molecular formula is C11H16K2O10S2. The third-order valence-corrected chi connectivity index (χ3v) is 4.84. The minimum Gasteiger partial charge on any atom is -0.549 e. The summed E-state index contributed by atoms with van der Waals surface area (Å²) in [6.45, 7) is 3.07. The molecule has 25 heavy (non-hydrogen) atoms. The molecule has 0 bridgehead atoms. The van der Waals surface area contributed by atoms with E-state index in [1.165, 1.54) is 0 Å². The summed E-state index contributed by atoms with van der Waals surface area (Å²) in [6, 6.07) is 0. The minimum atomic E-state index is -4.40. The molecule has 0 rings (SSSR count). The van der Waals surface area contributed by atoms with Gasteiger partial charge in [0.15, 0.2) is 0 Å². The summed E-state index contributed by atoms with van der Waals surface area (Å²) in [7, 11) is -8.81. The number of carbonyl (C=O) groups is 2. The molecule has 0 atom stereocenters. The summed E-state index contributed by atoms with van der Waals surface area (Å²) in [5.41, 5.74) is -3.20. The zero-order valence-corrected chi connectivity index (χ0v) is 21.8. The first-order valence-corrected chi connectivity index (χ1v) is 9.45. The molecule has 0 aromatic heterocycles. The monoisotopic (exact) mass is 450 g/mol. The fourth-order valence-electron chi connectivity index (χ4n) is 2.06. The van der Waals surface area contributed by atoms with Crippen LogP contribution in [0.4, 0.5) is 0 Å². The summed E-state index contributed by atoms with van der Waals surface area (Å²) >= 11 is 0. The fourth-order valence-corrected chi connectivity index (χ4v) is 3.08. The van der Waals surface area contributed by atoms with Crippen LogP contribution in [0.15, 0.2) is 12.2 Å². The van der Waals surface area contributed by atoms with Crippen molar-refractivity contribution in [1.29, 1.82) is 0 Å². The quantitative estimate of drug-likeness (QED) is 0.174. The minimum absolute atomic E-state index is 0. The smallest absolute Gasteiger partial charge is 0.549 e. The predicted molar refractivity (Wildman–Crippen MR) is 72.9 cm³/mol. The Morgan fingerprint density at radius 2 is 1.20 bits per heavy atom. The van der Waals surface area contributed by atoms with Crippen LogP contribution in [0.25, 0.3) is 0 Å². The first-order valence-electron chi connectivity index (χ1n) is 6.24. The van der Waals surface area contributed by atoms with Crippen LogP contribution in [-0.4, -0.2) is 49.4 Å². The van der Waals surface area contributed by atoms with Crippen LogP contribution in [-0.2, 0) is 29.8 Å². The molecule has 0 aliphatic rings. The fraction of sp³-hybridized carbons (Fsp3) is 0.636. The van der Waals surface area contributed by atoms with Crippen molar-refractivity contribution in [3.63, 3.8) is 0 Å². The standard InChI is InChI=1S/C11H18O10S2.2K/c1-8(9(12)13)11(10(14)15,4-2-6-22(16,17)18)5-3-7-23(19,20)21;;/h1-7H2,(H,12,13)(H,14,15)(H,16,17,18)(H,19,20,21);;/q;2*+1/p-2. The van der Waals surface area contributed by atoms with E-state index in [9.17, 15) is 36.6 Å². The number of rotatable bonds is 11. The molecule has 0 aliphatic carbocycles. The van der Waals surface area contributed by atoms with Crippen LogP contribution >= 0.6 is 0 Å². The van der Waals surface area contributed by atoms with Gasteiger partial charge in [-0.3, -0.25) is 9.11 Å². The van der Waals surface area contributed by atoms with Crippen LogP contribution in [0, 0.1) is 5.41 Å². The molecule has 0 saturated carbocycles. The SMILES string of the molecule is C=C(C(=O)[O-])C(CCCS(=O)(=O)O)(CCCS(=O)(=O)O)C(=O)[O-].[K+].[K+]. The normalized spacial score (nSPS) is 11.8. The van der Waals surface area contributed by atoms with Gasteiger partial charge in [0, 0.05) is 5.41 Å². The number of carboxylic acids is 2. The van der Waals surface area contributed by atoms with Gasteiger partial charge in [0.1, 0.15) is 0 Å². The van der Waals surface area contributed by atoms with Crippen molar-refractivity contribution in [2.75, 3.05) is 11.5 Å². The zero-order valence-electron chi connectivity index (χ0n) is 13.9. The van der Waals surface area contributed by atoms with Gasteiger partial charge in [-0.05, 0) is 31.3 Å². The van der Waals surface area contributed by atoms with Crippen LogP contribution in [0.3, 0.4) is 0 Å². The Kier molecular flexibility index (Phi) is 16.5. The Morgan fingerprint density at radius 3 is 1.40 bits per heavy atom. The molecule has 0 aromatic carbocycles. The Hall–Kier alpha value is 1.77. The molecule has 2 N–H and O–H groups in total. The Morgan fingerprint density at radius 1 is 0.880 bits per heavy atom. The van der Waals surface area contributed by atoms with Crippen LogP contribution in [0.1, 0.15) is 25.7 Å². The summed E-state index contributed by atoms with van der Waals surface area (Å²) < 4.78 is 59.9. The average molecular weight is 451 g/mol. The first kappa shape index (κ1) is 31.5. The zero-order chi connectivity index (χ0) is 18.5. The topological polar surface area (TPSA) is 189 Å². The van der Waals surface area contributed by atoms with Crippen molar-refractivity contribution < 1.29 is 149 Å². The summed E-state index contributed by atoms with van der Waals surface area (Å²) in [4.78, 5) is 22.3. The molecular weight excluding hydrogens is 434 g/mol. The van der Waals surface area contributed by atoms with Gasteiger partial charge in [-0.2, -0.15) is 16.8 Å². The van der Waals surface area contributed by atoms with Crippen molar-refractivity contribution in [3.8, 4) is 0 Å². The van der Waals surface area contributed by atoms with Crippen molar-refractivity contribution in [2.45, 2.75) is 25.7 Å². The number of carbonyl (C=O) groups excluding carboxylic acids is 2. The van der Waals surface area contributed by atoms with Gasteiger partial charge in [0.05, 0.1) is 23.4 Å². The molecule has 0 spiro atoms. The van der Waals surface area contributed by atoms with Gasteiger partial charge in [-0.1, -0.05) is 6.58 Å². The van der Waals surface area contributed by atoms with E-state index in [-0.39, 0.29) is 103 Å². The van der Waals surface area contributed by atoms with Gasteiger partial charge in [0.2, 0.25) is 0 Å². The second kappa shape index (κ2) is 13.1. The van der Waals surface area contributed by atoms with Crippen LogP contribution in [0.5, 0.6) is 0 Å². The van der Waals surface area contributed by atoms with E-state index >= 15 is 0 Å². The first-order chi connectivity index (χ1) is 10.2. The van der Waals surface area contributed by atoms with E-state index in [2.05, 4.69) is 6.58 Å². The molecule has 0 fully saturated rings. The number of hydrogen-bond acceptors (Lipinski definition) is 8. The van der Waals surface area contributed by atoms with Gasteiger partial charge >= 0.3 is 103 Å². The van der Waals surface area contributed by atoms with Gasteiger partial charge in [-0.15, -0.1) is 0 Å². The second-order valence-corrected chi connectivity index (χ2v) is 8.06. The third-order valence-electron chi connectivity index (χ3n) is 3.23. The van der Waals surface area contributed by atoms with E-state index in [0.29, 0.717) is 0 Å². The second-order valence-electron chi connectivity index (χ2n) is 4.91. The van der Waals surface area contributed by atoms with Gasteiger partial charge in [-0.25, -0.2) is 0 Å². The van der Waals surface area contributed by atoms with E-state index in [1.807, 2.05) is 0 Å². The third kappa shape index (κ3) is 12.8. The Labute approximate surface area is 231 Å². The van der Waals surface area contributed by atoms with Crippen molar-refractivity contribution in [2.24, 2.45) is 5.41 Å². The molecule has 0 saturated heterocycles. The van der Waals surface area contributed by atoms with Crippen molar-refractivity contribution in [1.82, 2.24) is 0 Å². The number of carboxylic acid groups (broad SMARTS) is 2. The summed E-state index contributed by atoms with van der Waals surface area (Å²) in [5.74, 6) is -5.49. The maximum Gasteiger partial charge on any atom is 1.00 e. The largest absolute Gasteiger partial charge is 1.00 e. The molecule has 0 radical (unpaired) electrons. The molecule has 14 heteroatoms. The maximum atomic E-state index is 11.4. The van der Waals surface area contributed by atoms with E-state index < -0.39 is 80.4 Å². The molecule has 134 valence electrons. The van der Waals surface area contributed by atoms with E-state index in [1.54, 1.807) is 0 Å². The number of hydrogen-bond donors (Lipinski definition) is 2. The van der Waals surface area contributed by atoms with Gasteiger partial charge < -0.3 is 19.8 Å². The van der Waals surface area contributed by atoms with Gasteiger partial charge in [0.25, 0.3) is 20.2 Å². The van der Waals surface area contributed by atoms with E-state index in [4.69, 9.17) is 9.11 Å². The number of aliphatic carboxylic acids is 2. The molecule has 10 nitrogen and oxygen atoms in total. The maximum absolute atomic E-state index is 11.4. The predicted octanol–water partition coefficient (Wildman–Crippen LogP) is -8.63. The van der Waals surface area contributed by atoms with E-state index in [0.717, 1.165) is 0 Å². The summed E-state index contributed by atoms with van der Waals surface area (Å²) in [6.07, 6.45) is -2.06. The Balaban J connectivity index is -0.00000242.